The summed E-state index contributed by atoms with van der Waals surface area (Å²) >= 11 is 0. The van der Waals surface area contributed by atoms with Gasteiger partial charge in [-0.05, 0) is 80.4 Å². The van der Waals surface area contributed by atoms with E-state index in [0.29, 0.717) is 51.4 Å². The van der Waals surface area contributed by atoms with Crippen LogP contribution in [0.3, 0.4) is 0 Å². The number of aryl methyl sites for hydroxylation is 1. The Labute approximate surface area is 230 Å². The fraction of sp³-hybridized carbons (Fsp3) is 0.742. The van der Waals surface area contributed by atoms with Gasteiger partial charge in [-0.1, -0.05) is 39.8 Å². The van der Waals surface area contributed by atoms with Crippen LogP contribution in [0.5, 0.6) is 0 Å². The minimum Gasteiger partial charge on any atom is -0.391 e. The number of methoxy groups -OCH3 is 1. The van der Waals surface area contributed by atoms with Crippen LogP contribution >= 0.6 is 0 Å². The zero-order chi connectivity index (χ0) is 28.2. The quantitative estimate of drug-likeness (QED) is 0.214. The van der Waals surface area contributed by atoms with Crippen LogP contribution in [0.1, 0.15) is 87.7 Å². The molecule has 0 unspecified atom stereocenters. The first-order valence-electron chi connectivity index (χ1n) is 14.5. The van der Waals surface area contributed by atoms with Crippen molar-refractivity contribution < 1.29 is 24.2 Å². The number of aliphatic hydroxyl groups excluding tert-OH is 1. The molecular formula is C31H52N2O5. The number of carbonyl (C=O) groups is 2. The number of hydrogen-bond acceptors (Lipinski definition) is 6. The second-order valence-corrected chi connectivity index (χ2v) is 11.8. The topological polar surface area (TPSA) is 111 Å². The maximum atomic E-state index is 13.0. The normalized spacial score (nSPS) is 17.8. The molecule has 1 heterocycles. The molecule has 1 aromatic carbocycles. The highest BCUT2D eigenvalue weighted by molar-refractivity contribution is 5.97. The first kappa shape index (κ1) is 32.4. The zero-order valence-electron chi connectivity index (χ0n) is 24.5. The average molecular weight is 533 g/mol. The number of nitrogens with one attached hydrogen (secondary N) is 1. The van der Waals surface area contributed by atoms with Crippen LogP contribution in [0.2, 0.25) is 0 Å². The molecule has 1 saturated heterocycles. The number of Topliss-reactive ketones (excluding diaryl/α,β-unsaturated/α-hetero) is 1. The standard InChI is InChI=1S/C31H52N2O5/c1-20(2)24(16-23-10-9-22(5)27(17-23)29(34)8-7-13-37-6)18-28(32)30(35)19-26(21(3)4)31(36)33-25-11-14-38-15-12-25/h9-10,17,20-21,24-26,28,30,35H,7-8,11-16,18-19,32H2,1-6H3,(H,33,36)/t24-,26-,28-,30-/m0/s1. The maximum Gasteiger partial charge on any atom is 0.223 e. The molecule has 1 fully saturated rings. The molecule has 1 amide bonds. The molecule has 0 radical (unpaired) electrons. The predicted molar refractivity (Wildman–Crippen MR) is 152 cm³/mol. The average Bonchev–Trinajstić information content (AvgIpc) is 2.87. The van der Waals surface area contributed by atoms with Crippen LogP contribution in [-0.4, -0.2) is 61.9 Å². The first-order valence-corrected chi connectivity index (χ1v) is 14.5. The highest BCUT2D eigenvalue weighted by Gasteiger charge is 2.31. The van der Waals surface area contributed by atoms with E-state index in [9.17, 15) is 14.7 Å². The summed E-state index contributed by atoms with van der Waals surface area (Å²) in [4.78, 5) is 25.8. The molecule has 0 aliphatic carbocycles. The summed E-state index contributed by atoms with van der Waals surface area (Å²) < 4.78 is 10.5. The van der Waals surface area contributed by atoms with E-state index in [1.807, 2.05) is 32.9 Å². The first-order chi connectivity index (χ1) is 18.0. The van der Waals surface area contributed by atoms with E-state index in [1.165, 1.54) is 0 Å². The number of ketones is 1. The molecule has 4 atom stereocenters. The van der Waals surface area contributed by atoms with Crippen molar-refractivity contribution in [3.63, 3.8) is 0 Å². The van der Waals surface area contributed by atoms with Gasteiger partial charge in [0.05, 0.1) is 6.10 Å². The van der Waals surface area contributed by atoms with E-state index in [0.717, 1.165) is 36.0 Å². The summed E-state index contributed by atoms with van der Waals surface area (Å²) in [6, 6.07) is 5.85. The second-order valence-electron chi connectivity index (χ2n) is 11.8. The van der Waals surface area contributed by atoms with E-state index in [1.54, 1.807) is 7.11 Å². The van der Waals surface area contributed by atoms with Crippen molar-refractivity contribution in [2.24, 2.45) is 29.4 Å². The molecule has 0 spiro atoms. The molecule has 2 rings (SSSR count). The number of carbonyl (C=O) groups excluding carboxylic acids is 2. The van der Waals surface area contributed by atoms with Gasteiger partial charge in [-0.2, -0.15) is 0 Å². The van der Waals surface area contributed by atoms with Crippen molar-refractivity contribution in [3.05, 3.63) is 34.9 Å². The van der Waals surface area contributed by atoms with Crippen molar-refractivity contribution in [2.45, 2.75) is 97.8 Å². The van der Waals surface area contributed by atoms with Gasteiger partial charge in [0.15, 0.2) is 5.78 Å². The van der Waals surface area contributed by atoms with Crippen molar-refractivity contribution in [2.75, 3.05) is 26.9 Å². The molecule has 7 nitrogen and oxygen atoms in total. The van der Waals surface area contributed by atoms with Gasteiger partial charge in [-0.3, -0.25) is 9.59 Å². The van der Waals surface area contributed by atoms with Crippen LogP contribution in [-0.2, 0) is 20.7 Å². The Kier molecular flexibility index (Phi) is 13.9. The van der Waals surface area contributed by atoms with Gasteiger partial charge in [-0.25, -0.2) is 0 Å². The Hall–Kier alpha value is -1.80. The summed E-state index contributed by atoms with van der Waals surface area (Å²) in [6.07, 6.45) is 3.86. The van der Waals surface area contributed by atoms with E-state index in [-0.39, 0.29) is 35.5 Å². The van der Waals surface area contributed by atoms with Gasteiger partial charge in [0.25, 0.3) is 0 Å². The summed E-state index contributed by atoms with van der Waals surface area (Å²) in [5, 5.41) is 14.2. The van der Waals surface area contributed by atoms with Gasteiger partial charge >= 0.3 is 0 Å². The van der Waals surface area contributed by atoms with E-state index in [4.69, 9.17) is 15.2 Å². The lowest BCUT2D eigenvalue weighted by Crippen LogP contribution is -2.46. The molecule has 0 bridgehead atoms. The predicted octanol–water partition coefficient (Wildman–Crippen LogP) is 4.45. The smallest absolute Gasteiger partial charge is 0.223 e. The Bertz CT molecular complexity index is 866. The van der Waals surface area contributed by atoms with Crippen molar-refractivity contribution in [1.29, 1.82) is 0 Å². The largest absolute Gasteiger partial charge is 0.391 e. The molecule has 4 N–H and O–H groups in total. The van der Waals surface area contributed by atoms with Crippen LogP contribution in [0.25, 0.3) is 0 Å². The van der Waals surface area contributed by atoms with Gasteiger partial charge < -0.3 is 25.6 Å². The number of hydrogen-bond donors (Lipinski definition) is 3. The number of ether oxygens (including phenoxy) is 2. The van der Waals surface area contributed by atoms with E-state index < -0.39 is 12.1 Å². The molecule has 1 aromatic rings. The number of benzene rings is 1. The van der Waals surface area contributed by atoms with E-state index in [2.05, 4.69) is 25.2 Å². The van der Waals surface area contributed by atoms with Gasteiger partial charge in [0, 0.05) is 56.9 Å². The number of nitrogens with two attached hydrogens (primary N) is 1. The lowest BCUT2D eigenvalue weighted by molar-refractivity contribution is -0.129. The Morgan fingerprint density at radius 3 is 2.42 bits per heavy atom. The fourth-order valence-corrected chi connectivity index (χ4v) is 5.28. The molecule has 0 aromatic heterocycles. The molecular weight excluding hydrogens is 480 g/mol. The number of aliphatic hydroxyl groups is 1. The van der Waals surface area contributed by atoms with Crippen LogP contribution < -0.4 is 11.1 Å². The highest BCUT2D eigenvalue weighted by Crippen LogP contribution is 2.27. The molecule has 1 aliphatic heterocycles. The van der Waals surface area contributed by atoms with Crippen LogP contribution in [0, 0.1) is 30.6 Å². The Morgan fingerprint density at radius 1 is 1.13 bits per heavy atom. The van der Waals surface area contributed by atoms with Gasteiger partial charge in [0.2, 0.25) is 5.91 Å². The zero-order valence-corrected chi connectivity index (χ0v) is 24.5. The summed E-state index contributed by atoms with van der Waals surface area (Å²) in [7, 11) is 1.65. The minimum atomic E-state index is -0.764. The van der Waals surface area contributed by atoms with Crippen LogP contribution in [0.4, 0.5) is 0 Å². The molecule has 0 saturated carbocycles. The van der Waals surface area contributed by atoms with E-state index >= 15 is 0 Å². The summed E-state index contributed by atoms with van der Waals surface area (Å²) in [6.45, 7) is 12.3. The summed E-state index contributed by atoms with van der Waals surface area (Å²) in [5.74, 6) is 0.555. The van der Waals surface area contributed by atoms with Crippen molar-refractivity contribution in [1.82, 2.24) is 5.32 Å². The molecule has 1 aliphatic rings. The Morgan fingerprint density at radius 2 is 1.82 bits per heavy atom. The maximum absolute atomic E-state index is 13.0. The lowest BCUT2D eigenvalue weighted by atomic mass is 9.80. The fourth-order valence-electron chi connectivity index (χ4n) is 5.28. The van der Waals surface area contributed by atoms with Crippen molar-refractivity contribution in [3.8, 4) is 0 Å². The molecule has 216 valence electrons. The molecule has 38 heavy (non-hydrogen) atoms. The van der Waals surface area contributed by atoms with Crippen LogP contribution in [0.15, 0.2) is 18.2 Å². The monoisotopic (exact) mass is 532 g/mol. The minimum absolute atomic E-state index is 0.000843. The third-order valence-electron chi connectivity index (χ3n) is 8.07. The third kappa shape index (κ3) is 10.4. The lowest BCUT2D eigenvalue weighted by Gasteiger charge is -2.31. The SMILES string of the molecule is COCCCC(=O)c1cc(C[C@@H](C[C@H](N)[C@@H](O)C[C@H](C(=O)NC2CCOCC2)C(C)C)C(C)C)ccc1C. The van der Waals surface area contributed by atoms with Gasteiger partial charge in [0.1, 0.15) is 0 Å². The second kappa shape index (κ2) is 16.3. The van der Waals surface area contributed by atoms with Crippen molar-refractivity contribution >= 4 is 11.7 Å². The van der Waals surface area contributed by atoms with Gasteiger partial charge in [-0.15, -0.1) is 0 Å². The Balaban J connectivity index is 2.01. The summed E-state index contributed by atoms with van der Waals surface area (Å²) in [5.41, 5.74) is 9.43. The highest BCUT2D eigenvalue weighted by atomic mass is 16.5. The number of rotatable bonds is 16. The molecule has 7 heteroatoms. The number of amides is 1. The third-order valence-corrected chi connectivity index (χ3v) is 8.07.